The summed E-state index contributed by atoms with van der Waals surface area (Å²) in [4.78, 5) is 76.6. The number of anilines is 2. The molecule has 0 bridgehead atoms. The number of oxime groups is 1. The van der Waals surface area contributed by atoms with Crippen LogP contribution in [0.15, 0.2) is 44.9 Å². The van der Waals surface area contributed by atoms with E-state index in [1.165, 1.54) is 42.2 Å². The number of aromatic carboxylic acids is 1. The van der Waals surface area contributed by atoms with Crippen molar-refractivity contribution in [1.82, 2.24) is 24.7 Å². The van der Waals surface area contributed by atoms with E-state index < -0.39 is 52.0 Å². The number of thiazole rings is 1. The number of piperazine rings is 1. The summed E-state index contributed by atoms with van der Waals surface area (Å²) in [6, 6.07) is 1.67. The summed E-state index contributed by atoms with van der Waals surface area (Å²) < 4.78 is 17.7. The second-order valence-electron chi connectivity index (χ2n) is 12.4. The van der Waals surface area contributed by atoms with E-state index in [1.54, 1.807) is 10.6 Å². The monoisotopic (exact) mass is 846 g/mol. The van der Waals surface area contributed by atoms with Crippen molar-refractivity contribution in [3.05, 3.63) is 62.3 Å². The molecule has 3 aliphatic heterocycles. The van der Waals surface area contributed by atoms with Gasteiger partial charge >= 0.3 is 59.1 Å². The third-order valence-corrected chi connectivity index (χ3v) is 12.8. The van der Waals surface area contributed by atoms with Gasteiger partial charge in [0, 0.05) is 60.7 Å². The van der Waals surface area contributed by atoms with Crippen LogP contribution in [0, 0.1) is 5.82 Å². The second-order valence-corrected chi connectivity index (χ2v) is 16.0. The van der Waals surface area contributed by atoms with Gasteiger partial charge in [0.05, 0.1) is 34.4 Å². The van der Waals surface area contributed by atoms with E-state index in [2.05, 4.69) is 15.5 Å². The Bertz CT molecular complexity index is 2210. The van der Waals surface area contributed by atoms with Crippen molar-refractivity contribution in [2.75, 3.05) is 55.4 Å². The van der Waals surface area contributed by atoms with Gasteiger partial charge in [-0.15, -0.1) is 23.1 Å². The average Bonchev–Trinajstić information content (AvgIpc) is 3.90. The molecule has 3 fully saturated rings. The Labute approximate surface area is 374 Å². The van der Waals surface area contributed by atoms with Gasteiger partial charge in [0.1, 0.15) is 34.4 Å². The van der Waals surface area contributed by atoms with Crippen LogP contribution in [0.25, 0.3) is 10.9 Å². The maximum atomic E-state index is 15.4. The largest absolute Gasteiger partial charge is 1.00 e. The number of amides is 2. The van der Waals surface area contributed by atoms with E-state index in [9.17, 15) is 34.2 Å². The standard InChI is InChI=1S/C32H31FN8O8S4.2Na/c1-49-37-22(19-13-52-31(34)35-19)26(43)36-23-27(44)41-24(30(47)48)14(11-51-28(23)41)12-53-32(50)39-6-4-38(5-7-39)21-9-20-16(8-18(21)33)25(42)17(29(45)46)10-40(20)15-2-3-15;;/h8-10,13,15,23,28H,2-7,11-12H2,1H3,(H2,34,35)(H,36,43)(H,45,46)(H,47,48);;/q;2*+1/p-2/b37-22+;;/t23-,28-;;/m1../s1. The molecule has 1 aromatic carbocycles. The zero-order valence-corrected chi connectivity index (χ0v) is 37.0. The smallest absolute Gasteiger partial charge is 0.545 e. The Kier molecular flexibility index (Phi) is 14.1. The number of aliphatic carboxylic acids is 1. The van der Waals surface area contributed by atoms with E-state index in [-0.39, 0.29) is 110 Å². The van der Waals surface area contributed by atoms with Crippen molar-refractivity contribution in [1.29, 1.82) is 0 Å². The fourth-order valence-corrected chi connectivity index (χ4v) is 9.74. The minimum atomic E-state index is -1.61. The summed E-state index contributed by atoms with van der Waals surface area (Å²) >= 11 is 9.31. The SMILES string of the molecule is CO/N=C(/C(=O)N[C@@H]1C(=O)N2C(C(=O)[O-])=C(CSC(=S)N3CCN(c4cc5c(cc4F)c(=O)c(C(=O)[O-])cn5C4CC4)CC3)CS[C@H]12)c1csc(N)n1.[Na+].[Na+]. The van der Waals surface area contributed by atoms with Gasteiger partial charge in [-0.3, -0.25) is 19.3 Å². The van der Waals surface area contributed by atoms with Crippen LogP contribution in [0.3, 0.4) is 0 Å². The second kappa shape index (κ2) is 17.8. The number of pyridine rings is 1. The molecular weight excluding hydrogens is 818 g/mol. The number of carboxylic acid groups (broad SMARTS) is 2. The minimum Gasteiger partial charge on any atom is -0.545 e. The van der Waals surface area contributed by atoms with Crippen LogP contribution in [-0.4, -0.2) is 109 Å². The molecule has 0 unspecified atom stereocenters. The summed E-state index contributed by atoms with van der Waals surface area (Å²) in [6.07, 6.45) is 2.91. The summed E-state index contributed by atoms with van der Waals surface area (Å²) in [7, 11) is 1.25. The summed E-state index contributed by atoms with van der Waals surface area (Å²) in [6.45, 7) is 1.64. The van der Waals surface area contributed by atoms with Gasteiger partial charge in [-0.25, -0.2) is 9.37 Å². The molecule has 2 atom stereocenters. The van der Waals surface area contributed by atoms with Crippen LogP contribution in [0.5, 0.6) is 0 Å². The molecule has 2 amide bonds. The number of fused-ring (bicyclic) bond motifs is 2. The van der Waals surface area contributed by atoms with Gasteiger partial charge in [-0.1, -0.05) is 29.1 Å². The van der Waals surface area contributed by atoms with Crippen LogP contribution in [0.4, 0.5) is 15.2 Å². The first-order valence-corrected chi connectivity index (χ1v) is 19.5. The molecule has 23 heteroatoms. The number of nitrogens with zero attached hydrogens (tertiary/aromatic N) is 6. The number of halogens is 1. The Hall–Kier alpha value is -2.73. The quantitative estimate of drug-likeness (QED) is 0.0638. The number of nitrogens with two attached hydrogens (primary N) is 1. The number of benzene rings is 1. The molecule has 3 aromatic rings. The molecule has 16 nitrogen and oxygen atoms in total. The third kappa shape index (κ3) is 8.60. The molecule has 0 spiro atoms. The molecule has 3 N–H and O–H groups in total. The molecule has 4 aliphatic rings. The molecule has 2 aromatic heterocycles. The van der Waals surface area contributed by atoms with Crippen molar-refractivity contribution in [3.8, 4) is 0 Å². The van der Waals surface area contributed by atoms with Crippen molar-refractivity contribution < 1.29 is 97.7 Å². The van der Waals surface area contributed by atoms with E-state index >= 15 is 4.39 Å². The van der Waals surface area contributed by atoms with Crippen LogP contribution in [-0.2, 0) is 19.2 Å². The zero-order valence-electron chi connectivity index (χ0n) is 29.7. The topological polar surface area (TPSA) is 219 Å². The third-order valence-electron chi connectivity index (χ3n) is 9.20. The number of hydrogen-bond acceptors (Lipinski definition) is 16. The summed E-state index contributed by atoms with van der Waals surface area (Å²) in [5, 5.41) is 31.2. The van der Waals surface area contributed by atoms with E-state index in [0.717, 1.165) is 35.1 Å². The van der Waals surface area contributed by atoms with Crippen molar-refractivity contribution in [2.24, 2.45) is 5.16 Å². The number of carbonyl (C=O) groups excluding carboxylic acids is 4. The zero-order chi connectivity index (χ0) is 37.7. The molecule has 1 aliphatic carbocycles. The first-order valence-electron chi connectivity index (χ1n) is 16.2. The Morgan fingerprint density at radius 1 is 1.15 bits per heavy atom. The van der Waals surface area contributed by atoms with Gasteiger partial charge in [0.2, 0.25) is 0 Å². The molecule has 55 heavy (non-hydrogen) atoms. The van der Waals surface area contributed by atoms with E-state index in [1.807, 2.05) is 9.80 Å². The normalized spacial score (nSPS) is 19.6. The van der Waals surface area contributed by atoms with Crippen LogP contribution < -0.4 is 90.7 Å². The number of aromatic nitrogens is 2. The number of thioether (sulfide) groups is 2. The number of thiocarbonyl (C=S) groups is 1. The van der Waals surface area contributed by atoms with Gasteiger partial charge in [0.15, 0.2) is 16.3 Å². The summed E-state index contributed by atoms with van der Waals surface area (Å²) in [5.74, 6) is -4.73. The van der Waals surface area contributed by atoms with Crippen LogP contribution >= 0.6 is 47.1 Å². The van der Waals surface area contributed by atoms with Crippen molar-refractivity contribution >= 4 is 103 Å². The van der Waals surface area contributed by atoms with Gasteiger partial charge in [-0.2, -0.15) is 0 Å². The van der Waals surface area contributed by atoms with E-state index in [0.29, 0.717) is 41.6 Å². The summed E-state index contributed by atoms with van der Waals surface area (Å²) in [5.41, 5.74) is 5.28. The van der Waals surface area contributed by atoms with E-state index in [4.69, 9.17) is 22.8 Å². The number of carboxylic acids is 2. The Morgan fingerprint density at radius 3 is 2.45 bits per heavy atom. The van der Waals surface area contributed by atoms with Gasteiger partial charge in [0.25, 0.3) is 11.8 Å². The first kappa shape index (κ1) is 43.4. The van der Waals surface area contributed by atoms with Crippen LogP contribution in [0.2, 0.25) is 0 Å². The fourth-order valence-electron chi connectivity index (χ4n) is 6.46. The molecule has 5 heterocycles. The molecule has 7 rings (SSSR count). The molecule has 0 radical (unpaired) electrons. The Balaban J connectivity index is 0.00000290. The number of hydrogen-bond donors (Lipinski definition) is 2. The maximum Gasteiger partial charge on any atom is 1.00 e. The first-order chi connectivity index (χ1) is 25.4. The molecule has 2 saturated heterocycles. The number of carbonyl (C=O) groups is 4. The maximum absolute atomic E-state index is 15.4. The predicted molar refractivity (Wildman–Crippen MR) is 197 cm³/mol. The predicted octanol–water partition coefficient (Wildman–Crippen LogP) is -6.52. The molecule has 1 saturated carbocycles. The van der Waals surface area contributed by atoms with Crippen molar-refractivity contribution in [2.45, 2.75) is 30.3 Å². The minimum absolute atomic E-state index is 0. The molecular formula is C32H29FN8Na2O8S4. The van der Waals surface area contributed by atoms with Crippen molar-refractivity contribution in [3.63, 3.8) is 0 Å². The number of rotatable bonds is 10. The van der Waals surface area contributed by atoms with Crippen LogP contribution in [0.1, 0.15) is 34.9 Å². The Morgan fingerprint density at radius 2 is 1.85 bits per heavy atom. The number of nitrogens with one attached hydrogen (secondary N) is 1. The van der Waals surface area contributed by atoms with Gasteiger partial charge in [-0.05, 0) is 30.5 Å². The average molecular weight is 847 g/mol. The van der Waals surface area contributed by atoms with Gasteiger partial charge < -0.3 is 50.1 Å². The molecule has 278 valence electrons. The number of nitrogen functional groups attached to an aromatic ring is 1. The fraction of sp³-hybridized carbons (Fsp3) is 0.375. The number of β-lactam (4-membered cyclic amide) rings is 1.